The van der Waals surface area contributed by atoms with Crippen molar-refractivity contribution in [3.63, 3.8) is 0 Å². The molecule has 12 N–H and O–H groups in total. The third-order valence-electron chi connectivity index (χ3n) is 6.02. The number of rotatable bonds is 9. The van der Waals surface area contributed by atoms with E-state index in [2.05, 4.69) is 0 Å². The first-order valence-electron chi connectivity index (χ1n) is 10.3. The zero-order valence-corrected chi connectivity index (χ0v) is 17.8. The van der Waals surface area contributed by atoms with Crippen LogP contribution < -0.4 is 0 Å². The Morgan fingerprint density at radius 2 is 1.29 bits per heavy atom. The lowest BCUT2D eigenvalue weighted by atomic mass is 9.85. The van der Waals surface area contributed by atoms with E-state index in [-0.39, 0.29) is 0 Å². The van der Waals surface area contributed by atoms with Gasteiger partial charge in [-0.05, 0) is 0 Å². The summed E-state index contributed by atoms with van der Waals surface area (Å²) >= 11 is 0. The van der Waals surface area contributed by atoms with Crippen LogP contribution >= 0.6 is 0 Å². The molecule has 0 aromatic heterocycles. The van der Waals surface area contributed by atoms with E-state index in [0.29, 0.717) is 0 Å². The summed E-state index contributed by atoms with van der Waals surface area (Å²) in [5.74, 6) is -1.83. The van der Waals surface area contributed by atoms with Crippen LogP contribution in [0.3, 0.4) is 0 Å². The maximum Gasteiger partial charge on any atom is 0.343 e. The average molecular weight is 504 g/mol. The molecule has 2 saturated heterocycles. The molecular weight excluding hydrogens is 472 g/mol. The molecule has 0 aromatic carbocycles. The van der Waals surface area contributed by atoms with Gasteiger partial charge in [0.15, 0.2) is 6.10 Å². The number of aliphatic hydroxyl groups excluding tert-OH is 11. The molecule has 0 aromatic rings. The molecule has 2 rings (SSSR count). The number of ether oxygens (including phenoxy) is 3. The van der Waals surface area contributed by atoms with Crippen LogP contribution in [0, 0.1) is 0 Å². The average Bonchev–Trinajstić information content (AvgIpc) is 2.84. The molecule has 0 aliphatic carbocycles. The predicted molar refractivity (Wildman–Crippen MR) is 103 cm³/mol. The molecule has 2 heterocycles. The van der Waals surface area contributed by atoms with Gasteiger partial charge in [-0.15, -0.1) is 0 Å². The first-order valence-corrected chi connectivity index (χ1v) is 10.3. The van der Waals surface area contributed by atoms with Crippen molar-refractivity contribution in [1.29, 1.82) is 0 Å². The van der Waals surface area contributed by atoms with Crippen molar-refractivity contribution in [2.24, 2.45) is 0 Å². The van der Waals surface area contributed by atoms with Crippen molar-refractivity contribution < 1.29 is 80.3 Å². The van der Waals surface area contributed by atoms with Crippen molar-refractivity contribution in [2.45, 2.75) is 78.8 Å². The van der Waals surface area contributed by atoms with E-state index in [1.54, 1.807) is 0 Å². The molecule has 5 unspecified atom stereocenters. The Hall–Kier alpha value is -1.09. The predicted octanol–water partition coefficient (Wildman–Crippen LogP) is -8.34. The molecule has 16 heteroatoms. The second kappa shape index (κ2) is 11.8. The first-order chi connectivity index (χ1) is 15.9. The highest BCUT2D eigenvalue weighted by Crippen LogP contribution is 2.32. The van der Waals surface area contributed by atoms with E-state index in [1.807, 2.05) is 0 Å². The number of aliphatic hydroxyl groups is 12. The molecule has 2 aliphatic rings. The van der Waals surface area contributed by atoms with Crippen LogP contribution in [0.25, 0.3) is 0 Å². The highest BCUT2D eigenvalue weighted by molar-refractivity contribution is 5.81. The van der Waals surface area contributed by atoms with Crippen LogP contribution in [0.1, 0.15) is 0 Å². The van der Waals surface area contributed by atoms with Gasteiger partial charge in [-0.2, -0.15) is 0 Å². The molecule has 0 spiro atoms. The number of hydrogen-bond acceptors (Lipinski definition) is 16. The largest absolute Gasteiger partial charge is 0.454 e. The van der Waals surface area contributed by atoms with E-state index in [4.69, 9.17) is 14.2 Å². The molecule has 0 radical (unpaired) electrons. The van der Waals surface area contributed by atoms with Gasteiger partial charge in [0.05, 0.1) is 26.4 Å². The maximum atomic E-state index is 12.9. The van der Waals surface area contributed by atoms with E-state index >= 15 is 0 Å². The summed E-state index contributed by atoms with van der Waals surface area (Å²) in [5, 5.41) is 119. The number of esters is 1. The molecule has 2 fully saturated rings. The minimum atomic E-state index is -3.19. The van der Waals surface area contributed by atoms with Crippen LogP contribution in [-0.2, 0) is 19.0 Å². The Kier molecular flexibility index (Phi) is 10.1. The topological polar surface area (TPSA) is 288 Å². The lowest BCUT2D eigenvalue weighted by Gasteiger charge is -2.46. The summed E-state index contributed by atoms with van der Waals surface area (Å²) in [7, 11) is 0. The second-order valence-corrected chi connectivity index (χ2v) is 8.25. The third-order valence-corrected chi connectivity index (χ3v) is 6.02. The van der Waals surface area contributed by atoms with Gasteiger partial charge in [0, 0.05) is 0 Å². The van der Waals surface area contributed by atoms with Crippen molar-refractivity contribution >= 4 is 5.97 Å². The Morgan fingerprint density at radius 1 is 0.794 bits per heavy atom. The van der Waals surface area contributed by atoms with E-state index < -0.39 is 111 Å². The maximum absolute atomic E-state index is 12.9. The van der Waals surface area contributed by atoms with Crippen molar-refractivity contribution in [3.05, 3.63) is 0 Å². The molecule has 0 saturated carbocycles. The van der Waals surface area contributed by atoms with Gasteiger partial charge >= 0.3 is 5.97 Å². The van der Waals surface area contributed by atoms with E-state index in [0.717, 1.165) is 0 Å². The fourth-order valence-corrected chi connectivity index (χ4v) is 3.86. The van der Waals surface area contributed by atoms with Crippen molar-refractivity contribution in [2.75, 3.05) is 26.4 Å². The molecule has 0 bridgehead atoms. The zero-order valence-electron chi connectivity index (χ0n) is 17.8. The van der Waals surface area contributed by atoms with Gasteiger partial charge in [-0.25, -0.2) is 4.79 Å². The molecule has 2 aliphatic heterocycles. The van der Waals surface area contributed by atoms with Gasteiger partial charge in [-0.1, -0.05) is 0 Å². The van der Waals surface area contributed by atoms with Crippen LogP contribution in [0.2, 0.25) is 0 Å². The highest BCUT2D eigenvalue weighted by Gasteiger charge is 2.58. The summed E-state index contributed by atoms with van der Waals surface area (Å²) in [6, 6.07) is 0. The molecule has 34 heavy (non-hydrogen) atoms. The summed E-state index contributed by atoms with van der Waals surface area (Å²) in [4.78, 5) is 12.9. The summed E-state index contributed by atoms with van der Waals surface area (Å²) in [6.45, 7) is -4.41. The summed E-state index contributed by atoms with van der Waals surface area (Å²) in [6.07, 6.45) is -23.1. The highest BCUT2D eigenvalue weighted by atomic mass is 16.6. The number of carbonyl (C=O) groups is 1. The minimum Gasteiger partial charge on any atom is -0.454 e. The van der Waals surface area contributed by atoms with Gasteiger partial charge in [0.1, 0.15) is 67.1 Å². The summed E-state index contributed by atoms with van der Waals surface area (Å²) < 4.78 is 15.3. The lowest BCUT2D eigenvalue weighted by Crippen LogP contribution is -2.69. The minimum absolute atomic E-state index is 0.872. The van der Waals surface area contributed by atoms with Crippen molar-refractivity contribution in [1.82, 2.24) is 0 Å². The van der Waals surface area contributed by atoms with Crippen LogP contribution in [-0.4, -0.2) is 173 Å². The molecular formula is C18H32O16. The smallest absolute Gasteiger partial charge is 0.343 e. The fourth-order valence-electron chi connectivity index (χ4n) is 3.86. The van der Waals surface area contributed by atoms with Crippen LogP contribution in [0.5, 0.6) is 0 Å². The van der Waals surface area contributed by atoms with Crippen molar-refractivity contribution in [3.8, 4) is 0 Å². The molecule has 0 amide bonds. The van der Waals surface area contributed by atoms with E-state index in [9.17, 15) is 66.1 Å². The normalized spacial score (nSPS) is 42.5. The van der Waals surface area contributed by atoms with E-state index in [1.165, 1.54) is 0 Å². The third kappa shape index (κ3) is 5.35. The van der Waals surface area contributed by atoms with Crippen LogP contribution in [0.4, 0.5) is 0 Å². The Balaban J connectivity index is 2.34. The Bertz CT molecular complexity index is 662. The SMILES string of the molecule is O=C(OC(C(O)CO)C1O[C@H](CO)[C@@H](O)[C@H](O)[C@H]1O)C(O)(CO)C1O[C@H](CO)[C@@H](O)[C@H](O)[C@H]1O. The number of hydrogen-bond donors (Lipinski definition) is 12. The first kappa shape index (κ1) is 29.1. The zero-order chi connectivity index (χ0) is 26.0. The second-order valence-electron chi connectivity index (χ2n) is 8.25. The van der Waals surface area contributed by atoms with Gasteiger partial charge in [0.25, 0.3) is 0 Å². The van der Waals surface area contributed by atoms with Gasteiger partial charge in [0.2, 0.25) is 5.60 Å². The molecule has 200 valence electrons. The molecule has 16 nitrogen and oxygen atoms in total. The fraction of sp³-hybridized carbons (Fsp3) is 0.944. The Labute approximate surface area is 192 Å². The number of carbonyl (C=O) groups excluding carboxylic acids is 1. The molecule has 13 atom stereocenters. The quantitative estimate of drug-likeness (QED) is 0.130. The summed E-state index contributed by atoms with van der Waals surface area (Å²) in [5.41, 5.74) is -3.19. The monoisotopic (exact) mass is 504 g/mol. The Morgan fingerprint density at radius 3 is 1.76 bits per heavy atom. The van der Waals surface area contributed by atoms with Gasteiger partial charge in [-0.3, -0.25) is 0 Å². The standard InChI is InChI=1S/C18H32O16/c19-1-5(23)14(15-12(28)10(26)8(24)6(2-20)32-15)34-17(30)18(31,4-22)16-13(29)11(27)9(25)7(3-21)33-16/h5-16,19-29,31H,1-4H2/t5?,6-,7-,8-,9-,10+,11+,12-,13-,14?,15?,16?,18?/m1/s1. The van der Waals surface area contributed by atoms with Crippen LogP contribution in [0.15, 0.2) is 0 Å². The lowest BCUT2D eigenvalue weighted by molar-refractivity contribution is -0.285. The van der Waals surface area contributed by atoms with Gasteiger partial charge < -0.3 is 75.5 Å².